The number of ether oxygens (including phenoxy) is 2. The van der Waals surface area contributed by atoms with Crippen LogP contribution in [0.1, 0.15) is 70.8 Å². The quantitative estimate of drug-likeness (QED) is 0.727. The van der Waals surface area contributed by atoms with Crippen molar-refractivity contribution in [2.45, 2.75) is 88.1 Å². The second-order valence-corrected chi connectivity index (χ2v) is 12.7. The van der Waals surface area contributed by atoms with E-state index < -0.39 is 14.8 Å². The van der Waals surface area contributed by atoms with Gasteiger partial charge in [0.1, 0.15) is 5.75 Å². The molecule has 3 heterocycles. The van der Waals surface area contributed by atoms with Crippen molar-refractivity contribution in [3.05, 3.63) is 29.8 Å². The third-order valence-electron chi connectivity index (χ3n) is 7.10. The number of benzene rings is 1. The summed E-state index contributed by atoms with van der Waals surface area (Å²) in [5.74, 6) is 1.07. The normalized spacial score (nSPS) is 29.7. The van der Waals surface area contributed by atoms with Gasteiger partial charge in [0.05, 0.1) is 23.5 Å². The number of carbonyl (C=O) groups is 1. The van der Waals surface area contributed by atoms with E-state index in [9.17, 15) is 13.2 Å². The summed E-state index contributed by atoms with van der Waals surface area (Å²) in [6, 6.07) is 7.30. The molecule has 0 radical (unpaired) electrons. The van der Waals surface area contributed by atoms with Gasteiger partial charge in [0.25, 0.3) is 5.91 Å². The number of hydrogen-bond donors (Lipinski definition) is 1. The molecule has 2 atom stereocenters. The fourth-order valence-corrected chi connectivity index (χ4v) is 6.06. The molecular weight excluding hydrogens is 428 g/mol. The molecule has 1 unspecified atom stereocenters. The Balaban J connectivity index is 1.60. The maximum Gasteiger partial charge on any atom is 0.260 e. The highest BCUT2D eigenvalue weighted by atomic mass is 32.2. The van der Waals surface area contributed by atoms with Gasteiger partial charge in [-0.15, -0.1) is 0 Å². The topological polar surface area (TPSA) is 84.9 Å². The summed E-state index contributed by atoms with van der Waals surface area (Å²) < 4.78 is 40.1. The summed E-state index contributed by atoms with van der Waals surface area (Å²) in [5, 5.41) is 0. The lowest BCUT2D eigenvalue weighted by Gasteiger charge is -2.42. The van der Waals surface area contributed by atoms with Crippen LogP contribution >= 0.6 is 0 Å². The molecule has 1 saturated heterocycles. The highest BCUT2D eigenvalue weighted by Crippen LogP contribution is 2.39. The number of para-hydroxylation sites is 1. The first-order valence-corrected chi connectivity index (χ1v) is 13.3. The zero-order valence-electron chi connectivity index (χ0n) is 19.4. The summed E-state index contributed by atoms with van der Waals surface area (Å²) in [6.07, 6.45) is 5.52. The predicted octanol–water partition coefficient (Wildman–Crippen LogP) is 3.20. The van der Waals surface area contributed by atoms with Crippen LogP contribution in [0.2, 0.25) is 0 Å². The molecule has 4 aliphatic rings. The zero-order chi connectivity index (χ0) is 22.9. The molecule has 8 heteroatoms. The molecular formula is C24H36N2O5S. The third kappa shape index (κ3) is 4.97. The molecule has 2 fully saturated rings. The molecule has 5 rings (SSSR count). The molecule has 0 spiro atoms. The Hall–Kier alpha value is -1.64. The highest BCUT2D eigenvalue weighted by molar-refractivity contribution is 7.90. The van der Waals surface area contributed by atoms with Gasteiger partial charge in [0.15, 0.2) is 6.61 Å². The van der Waals surface area contributed by atoms with Gasteiger partial charge in [-0.25, -0.2) is 13.1 Å². The fourth-order valence-electron chi connectivity index (χ4n) is 5.03. The number of amides is 1. The predicted molar refractivity (Wildman–Crippen MR) is 123 cm³/mol. The van der Waals surface area contributed by atoms with E-state index in [-0.39, 0.29) is 30.7 Å². The number of piperidine rings is 1. The van der Waals surface area contributed by atoms with Gasteiger partial charge in [-0.2, -0.15) is 0 Å². The Morgan fingerprint density at radius 2 is 1.78 bits per heavy atom. The Morgan fingerprint density at radius 3 is 2.50 bits per heavy atom. The number of nitrogens with zero attached hydrogens (tertiary/aromatic N) is 1. The van der Waals surface area contributed by atoms with Crippen LogP contribution in [0, 0.1) is 0 Å². The molecule has 7 nitrogen and oxygen atoms in total. The minimum absolute atomic E-state index is 0.0532. The summed E-state index contributed by atoms with van der Waals surface area (Å²) in [4.78, 5) is 15.0. The van der Waals surface area contributed by atoms with E-state index >= 15 is 0 Å². The third-order valence-corrected chi connectivity index (χ3v) is 9.32. The number of carbonyl (C=O) groups excluding carboxylic acids is 1. The van der Waals surface area contributed by atoms with Crippen molar-refractivity contribution < 1.29 is 22.7 Å². The number of fused-ring (bicyclic) bond motifs is 5. The van der Waals surface area contributed by atoms with Gasteiger partial charge < -0.3 is 14.4 Å². The largest absolute Gasteiger partial charge is 0.483 e. The molecule has 1 N–H and O–H groups in total. The number of nitrogens with one attached hydrogen (secondary N) is 1. The van der Waals surface area contributed by atoms with E-state index in [0.717, 1.165) is 37.9 Å². The number of sulfonamides is 1. The first-order chi connectivity index (χ1) is 15.2. The molecule has 1 saturated carbocycles. The van der Waals surface area contributed by atoms with E-state index in [1.165, 1.54) is 5.56 Å². The van der Waals surface area contributed by atoms with Gasteiger partial charge in [-0.3, -0.25) is 4.79 Å². The second kappa shape index (κ2) is 9.31. The van der Waals surface area contributed by atoms with Crippen molar-refractivity contribution in [2.75, 3.05) is 19.8 Å². The van der Waals surface area contributed by atoms with Crippen molar-refractivity contribution in [1.82, 2.24) is 9.62 Å². The molecule has 1 aromatic rings. The van der Waals surface area contributed by atoms with Crippen LogP contribution in [-0.2, 0) is 19.6 Å². The van der Waals surface area contributed by atoms with Crippen LogP contribution in [0.5, 0.6) is 5.75 Å². The SMILES string of the molecule is CC(C)(C)S(=O)(=O)N[C@H]1CCCN2C(=O)COc3ccccc3C3CCC(CC3)OCC12. The Bertz CT molecular complexity index is 919. The molecule has 1 aliphatic carbocycles. The van der Waals surface area contributed by atoms with Crippen molar-refractivity contribution in [3.63, 3.8) is 0 Å². The van der Waals surface area contributed by atoms with Crippen molar-refractivity contribution in [3.8, 4) is 5.75 Å². The number of hydrogen-bond acceptors (Lipinski definition) is 5. The van der Waals surface area contributed by atoms with Crippen LogP contribution in [-0.4, -0.2) is 61.9 Å². The first kappa shape index (κ1) is 23.5. The molecule has 32 heavy (non-hydrogen) atoms. The van der Waals surface area contributed by atoms with Crippen molar-refractivity contribution in [2.24, 2.45) is 0 Å². The van der Waals surface area contributed by atoms with Crippen LogP contribution in [0.4, 0.5) is 0 Å². The smallest absolute Gasteiger partial charge is 0.260 e. The molecule has 178 valence electrons. The van der Waals surface area contributed by atoms with E-state index in [1.807, 2.05) is 18.2 Å². The Kier molecular flexibility index (Phi) is 6.84. The fraction of sp³-hybridized carbons (Fsp3) is 0.708. The van der Waals surface area contributed by atoms with Gasteiger partial charge in [0.2, 0.25) is 10.0 Å². The van der Waals surface area contributed by atoms with E-state index in [0.29, 0.717) is 25.5 Å². The average Bonchev–Trinajstić information content (AvgIpc) is 2.77. The van der Waals surface area contributed by atoms with Crippen LogP contribution < -0.4 is 9.46 Å². The van der Waals surface area contributed by atoms with Gasteiger partial charge in [-0.1, -0.05) is 18.2 Å². The van der Waals surface area contributed by atoms with Crippen LogP contribution in [0.15, 0.2) is 24.3 Å². The minimum Gasteiger partial charge on any atom is -0.483 e. The molecule has 1 aromatic carbocycles. The Labute approximate surface area is 191 Å². The maximum atomic E-state index is 13.2. The van der Waals surface area contributed by atoms with Gasteiger partial charge in [-0.05, 0) is 76.8 Å². The lowest BCUT2D eigenvalue weighted by molar-refractivity contribution is -0.140. The molecule has 0 aromatic heterocycles. The van der Waals surface area contributed by atoms with E-state index in [2.05, 4.69) is 10.8 Å². The summed E-state index contributed by atoms with van der Waals surface area (Å²) in [6.45, 7) is 5.93. The lowest BCUT2D eigenvalue weighted by atomic mass is 9.82. The van der Waals surface area contributed by atoms with Crippen molar-refractivity contribution in [1.29, 1.82) is 0 Å². The second-order valence-electron chi connectivity index (χ2n) is 10.3. The van der Waals surface area contributed by atoms with E-state index in [4.69, 9.17) is 9.47 Å². The first-order valence-electron chi connectivity index (χ1n) is 11.8. The molecule has 3 aliphatic heterocycles. The molecule has 2 bridgehead atoms. The summed E-state index contributed by atoms with van der Waals surface area (Å²) in [5.41, 5.74) is 1.17. The van der Waals surface area contributed by atoms with E-state index in [1.54, 1.807) is 25.7 Å². The Morgan fingerprint density at radius 1 is 1.06 bits per heavy atom. The summed E-state index contributed by atoms with van der Waals surface area (Å²) in [7, 11) is -3.55. The lowest BCUT2D eigenvalue weighted by Crippen LogP contribution is -2.61. The summed E-state index contributed by atoms with van der Waals surface area (Å²) >= 11 is 0. The average molecular weight is 465 g/mol. The maximum absolute atomic E-state index is 13.2. The van der Waals surface area contributed by atoms with Gasteiger partial charge >= 0.3 is 0 Å². The molecule has 1 amide bonds. The van der Waals surface area contributed by atoms with Crippen LogP contribution in [0.3, 0.4) is 0 Å². The monoisotopic (exact) mass is 464 g/mol. The van der Waals surface area contributed by atoms with Crippen LogP contribution in [0.25, 0.3) is 0 Å². The minimum atomic E-state index is -3.55. The highest BCUT2D eigenvalue weighted by Gasteiger charge is 2.40. The zero-order valence-corrected chi connectivity index (χ0v) is 20.2. The van der Waals surface area contributed by atoms with Gasteiger partial charge in [0, 0.05) is 12.6 Å². The standard InChI is InChI=1S/C24H36N2O5S/c1-24(2,3)32(28,29)25-20-8-6-14-26-21(20)15-30-18-12-10-17(11-13-18)19-7-4-5-9-22(19)31-16-23(26)27/h4-5,7,9,17-18,20-21,25H,6,8,10-16H2,1-3H3/t17?,18?,20-,21?/m0/s1. The van der Waals surface area contributed by atoms with Crippen molar-refractivity contribution >= 4 is 15.9 Å². The number of rotatable bonds is 2.